The standard InChI is InChI=1S/C17H25NO/c1-3-4-5-6-7-9-12-16(2)18(19)15-17-13-10-8-11-14-17/h8,10-11,13-14,16,19H,3-7,15H2,1-2H3. The Morgan fingerprint density at radius 2 is 1.89 bits per heavy atom. The summed E-state index contributed by atoms with van der Waals surface area (Å²) in [5.74, 6) is 6.26. The summed E-state index contributed by atoms with van der Waals surface area (Å²) in [5.41, 5.74) is 1.10. The molecule has 0 aromatic heterocycles. The Morgan fingerprint density at radius 3 is 2.58 bits per heavy atom. The number of benzene rings is 1. The largest absolute Gasteiger partial charge is 0.312 e. The van der Waals surface area contributed by atoms with E-state index in [1.165, 1.54) is 24.3 Å². The Bertz CT molecular complexity index is 391. The van der Waals surface area contributed by atoms with Crippen LogP contribution in [0.2, 0.25) is 0 Å². The normalized spacial score (nSPS) is 12.0. The van der Waals surface area contributed by atoms with Gasteiger partial charge in [0.25, 0.3) is 0 Å². The highest BCUT2D eigenvalue weighted by atomic mass is 16.5. The fourth-order valence-electron chi connectivity index (χ4n) is 1.84. The van der Waals surface area contributed by atoms with E-state index < -0.39 is 0 Å². The van der Waals surface area contributed by atoms with Crippen molar-refractivity contribution in [1.82, 2.24) is 5.06 Å². The first-order chi connectivity index (χ1) is 9.24. The minimum Gasteiger partial charge on any atom is -0.312 e. The summed E-state index contributed by atoms with van der Waals surface area (Å²) in [7, 11) is 0. The van der Waals surface area contributed by atoms with E-state index in [9.17, 15) is 5.21 Å². The van der Waals surface area contributed by atoms with Crippen LogP contribution in [0, 0.1) is 11.8 Å². The molecule has 0 aliphatic rings. The van der Waals surface area contributed by atoms with Gasteiger partial charge in [-0.1, -0.05) is 62.4 Å². The lowest BCUT2D eigenvalue weighted by atomic mass is 10.1. The predicted octanol–water partition coefficient (Wildman–Crippen LogP) is 4.24. The van der Waals surface area contributed by atoms with Crippen molar-refractivity contribution in [3.05, 3.63) is 35.9 Å². The lowest BCUT2D eigenvalue weighted by Crippen LogP contribution is -2.27. The maximum absolute atomic E-state index is 9.94. The topological polar surface area (TPSA) is 23.5 Å². The lowest BCUT2D eigenvalue weighted by Gasteiger charge is -2.17. The number of hydrogen-bond donors (Lipinski definition) is 1. The summed E-state index contributed by atoms with van der Waals surface area (Å²) in [6.07, 6.45) is 5.90. The minimum atomic E-state index is -0.119. The van der Waals surface area contributed by atoms with E-state index in [2.05, 4.69) is 18.8 Å². The smallest absolute Gasteiger partial charge is 0.0932 e. The second-order valence-corrected chi connectivity index (χ2v) is 4.89. The molecule has 0 amide bonds. The van der Waals surface area contributed by atoms with Crippen LogP contribution in [0.4, 0.5) is 0 Å². The van der Waals surface area contributed by atoms with Gasteiger partial charge in [-0.3, -0.25) is 0 Å². The molecule has 0 spiro atoms. The quantitative estimate of drug-likeness (QED) is 0.450. The molecule has 0 aliphatic heterocycles. The summed E-state index contributed by atoms with van der Waals surface area (Å²) in [5, 5.41) is 11.2. The molecule has 1 N–H and O–H groups in total. The number of hydrogen-bond acceptors (Lipinski definition) is 2. The summed E-state index contributed by atoms with van der Waals surface area (Å²) in [4.78, 5) is 0. The summed E-state index contributed by atoms with van der Waals surface area (Å²) >= 11 is 0. The van der Waals surface area contributed by atoms with E-state index in [4.69, 9.17) is 0 Å². The number of unbranched alkanes of at least 4 members (excludes halogenated alkanes) is 4. The lowest BCUT2D eigenvalue weighted by molar-refractivity contribution is -0.114. The zero-order valence-electron chi connectivity index (χ0n) is 12.1. The van der Waals surface area contributed by atoms with Crippen molar-refractivity contribution in [2.75, 3.05) is 0 Å². The van der Waals surface area contributed by atoms with Gasteiger partial charge in [-0.15, -0.1) is 5.92 Å². The monoisotopic (exact) mass is 259 g/mol. The van der Waals surface area contributed by atoms with E-state index in [0.29, 0.717) is 6.54 Å². The number of rotatable bonds is 7. The molecule has 1 aromatic carbocycles. The minimum absolute atomic E-state index is 0.119. The van der Waals surface area contributed by atoms with E-state index in [-0.39, 0.29) is 6.04 Å². The highest BCUT2D eigenvalue weighted by molar-refractivity contribution is 5.15. The van der Waals surface area contributed by atoms with Crippen LogP contribution < -0.4 is 0 Å². The molecule has 1 aromatic rings. The van der Waals surface area contributed by atoms with Crippen LogP contribution >= 0.6 is 0 Å². The van der Waals surface area contributed by atoms with E-state index >= 15 is 0 Å². The van der Waals surface area contributed by atoms with E-state index in [1.54, 1.807) is 0 Å². The van der Waals surface area contributed by atoms with Gasteiger partial charge in [-0.25, -0.2) is 0 Å². The molecule has 2 heteroatoms. The molecule has 2 nitrogen and oxygen atoms in total. The molecule has 1 unspecified atom stereocenters. The molecule has 0 radical (unpaired) electrons. The van der Waals surface area contributed by atoms with Gasteiger partial charge in [0.1, 0.15) is 0 Å². The molecule has 19 heavy (non-hydrogen) atoms. The molecule has 0 bridgehead atoms. The van der Waals surface area contributed by atoms with Gasteiger partial charge in [0.05, 0.1) is 12.6 Å². The van der Waals surface area contributed by atoms with Crippen LogP contribution in [0.1, 0.15) is 51.5 Å². The number of hydroxylamine groups is 2. The molecule has 0 saturated carbocycles. The first-order valence-corrected chi connectivity index (χ1v) is 7.22. The van der Waals surface area contributed by atoms with Crippen molar-refractivity contribution in [2.45, 2.75) is 58.5 Å². The molecule has 0 fully saturated rings. The Labute approximate surface area is 117 Å². The van der Waals surface area contributed by atoms with Crippen LogP contribution in [-0.2, 0) is 6.54 Å². The van der Waals surface area contributed by atoms with E-state index in [0.717, 1.165) is 18.4 Å². The van der Waals surface area contributed by atoms with Gasteiger partial charge in [-0.05, 0) is 18.9 Å². The highest BCUT2D eigenvalue weighted by Crippen LogP contribution is 2.05. The van der Waals surface area contributed by atoms with Crippen molar-refractivity contribution < 1.29 is 5.21 Å². The molecule has 0 aliphatic carbocycles. The zero-order chi connectivity index (χ0) is 13.9. The molecule has 0 saturated heterocycles. The zero-order valence-corrected chi connectivity index (χ0v) is 12.1. The van der Waals surface area contributed by atoms with Crippen molar-refractivity contribution >= 4 is 0 Å². The van der Waals surface area contributed by atoms with Crippen LogP contribution in [0.15, 0.2) is 30.3 Å². The van der Waals surface area contributed by atoms with Crippen molar-refractivity contribution in [1.29, 1.82) is 0 Å². The molecule has 1 rings (SSSR count). The van der Waals surface area contributed by atoms with Gasteiger partial charge < -0.3 is 5.21 Å². The van der Waals surface area contributed by atoms with Crippen molar-refractivity contribution in [3.8, 4) is 11.8 Å². The first kappa shape index (κ1) is 15.8. The van der Waals surface area contributed by atoms with Crippen LogP contribution in [-0.4, -0.2) is 16.3 Å². The highest BCUT2D eigenvalue weighted by Gasteiger charge is 2.08. The van der Waals surface area contributed by atoms with Crippen molar-refractivity contribution in [3.63, 3.8) is 0 Å². The molecule has 1 atom stereocenters. The van der Waals surface area contributed by atoms with E-state index in [1.807, 2.05) is 37.3 Å². The van der Waals surface area contributed by atoms with Crippen LogP contribution in [0.3, 0.4) is 0 Å². The van der Waals surface area contributed by atoms with Crippen LogP contribution in [0.25, 0.3) is 0 Å². The third-order valence-electron chi connectivity index (χ3n) is 3.10. The molecular formula is C17H25NO. The van der Waals surface area contributed by atoms with Gasteiger partial charge in [-0.2, -0.15) is 5.06 Å². The molecule has 104 valence electrons. The third-order valence-corrected chi connectivity index (χ3v) is 3.10. The Kier molecular flexibility index (Phi) is 7.97. The summed E-state index contributed by atoms with van der Waals surface area (Å²) in [6, 6.07) is 9.83. The van der Waals surface area contributed by atoms with Gasteiger partial charge >= 0.3 is 0 Å². The van der Waals surface area contributed by atoms with Gasteiger partial charge in [0.15, 0.2) is 0 Å². The molecular weight excluding hydrogens is 234 g/mol. The maximum Gasteiger partial charge on any atom is 0.0932 e. The second kappa shape index (κ2) is 9.61. The summed E-state index contributed by atoms with van der Waals surface area (Å²) < 4.78 is 0. The second-order valence-electron chi connectivity index (χ2n) is 4.89. The average molecular weight is 259 g/mol. The third kappa shape index (κ3) is 7.00. The van der Waals surface area contributed by atoms with Crippen LogP contribution in [0.5, 0.6) is 0 Å². The fraction of sp³-hybridized carbons (Fsp3) is 0.529. The first-order valence-electron chi connectivity index (χ1n) is 7.22. The Morgan fingerprint density at radius 1 is 1.16 bits per heavy atom. The Hall–Kier alpha value is -1.30. The average Bonchev–Trinajstić information content (AvgIpc) is 2.43. The van der Waals surface area contributed by atoms with Crippen molar-refractivity contribution in [2.24, 2.45) is 0 Å². The molecule has 0 heterocycles. The number of nitrogens with zero attached hydrogens (tertiary/aromatic N) is 1. The summed E-state index contributed by atoms with van der Waals surface area (Å²) in [6.45, 7) is 4.66. The fourth-order valence-corrected chi connectivity index (χ4v) is 1.84. The Balaban J connectivity index is 2.28. The van der Waals surface area contributed by atoms with Gasteiger partial charge in [0, 0.05) is 6.42 Å². The van der Waals surface area contributed by atoms with Gasteiger partial charge in [0.2, 0.25) is 0 Å². The maximum atomic E-state index is 9.94. The SMILES string of the molecule is CCCCCCC#CC(C)N(O)Cc1ccccc1. The predicted molar refractivity (Wildman–Crippen MR) is 79.8 cm³/mol.